The molecular formula is C11H15NO4. The molecule has 2 unspecified atom stereocenters. The Morgan fingerprint density at radius 2 is 2.06 bits per heavy atom. The van der Waals surface area contributed by atoms with Crippen molar-refractivity contribution in [2.45, 2.75) is 19.1 Å². The van der Waals surface area contributed by atoms with Crippen LogP contribution in [0.1, 0.15) is 18.6 Å². The fraction of sp³-hybridized carbons (Fsp3) is 0.364. The molecule has 5 nitrogen and oxygen atoms in total. The summed E-state index contributed by atoms with van der Waals surface area (Å²) in [6.07, 6.45) is -3.01. The molecule has 0 fully saturated rings. The lowest BCUT2D eigenvalue weighted by atomic mass is 10.0. The van der Waals surface area contributed by atoms with Gasteiger partial charge in [0.25, 0.3) is 0 Å². The van der Waals surface area contributed by atoms with Crippen molar-refractivity contribution < 1.29 is 19.7 Å². The second-order valence-electron chi connectivity index (χ2n) is 3.26. The summed E-state index contributed by atoms with van der Waals surface area (Å²) in [5.74, 6) is -0.545. The minimum Gasteiger partial charge on any atom is -0.493 e. The van der Waals surface area contributed by atoms with E-state index in [2.05, 4.69) is 0 Å². The van der Waals surface area contributed by atoms with E-state index in [1.807, 2.05) is 0 Å². The number of carbonyl (C=O) groups excluding carboxylic acids is 1. The van der Waals surface area contributed by atoms with Crippen LogP contribution in [0.25, 0.3) is 0 Å². The summed E-state index contributed by atoms with van der Waals surface area (Å²) in [7, 11) is 0. The molecule has 0 aliphatic heterocycles. The second kappa shape index (κ2) is 5.48. The van der Waals surface area contributed by atoms with E-state index in [4.69, 9.17) is 10.5 Å². The van der Waals surface area contributed by atoms with Crippen molar-refractivity contribution in [2.24, 2.45) is 5.73 Å². The van der Waals surface area contributed by atoms with Gasteiger partial charge in [-0.05, 0) is 13.0 Å². The predicted octanol–water partition coefficient (Wildman–Crippen LogP) is -0.0351. The topological polar surface area (TPSA) is 92.8 Å². The molecule has 0 bridgehead atoms. The molecule has 0 saturated heterocycles. The van der Waals surface area contributed by atoms with Gasteiger partial charge in [-0.25, -0.2) is 0 Å². The van der Waals surface area contributed by atoms with Crippen LogP contribution in [-0.2, 0) is 4.79 Å². The molecule has 0 spiro atoms. The number of hydrogen-bond donors (Lipinski definition) is 3. The Labute approximate surface area is 93.5 Å². The minimum absolute atomic E-state index is 0.343. The highest BCUT2D eigenvalue weighted by atomic mass is 16.5. The van der Waals surface area contributed by atoms with Crippen molar-refractivity contribution in [3.05, 3.63) is 29.8 Å². The van der Waals surface area contributed by atoms with Gasteiger partial charge in [0.15, 0.2) is 6.10 Å². The third-order valence-corrected chi connectivity index (χ3v) is 2.13. The van der Waals surface area contributed by atoms with Crippen molar-refractivity contribution in [1.29, 1.82) is 0 Å². The smallest absolute Gasteiger partial charge is 0.249 e. The van der Waals surface area contributed by atoms with E-state index in [-0.39, 0.29) is 0 Å². The molecule has 1 aromatic rings. The van der Waals surface area contributed by atoms with Crippen molar-refractivity contribution in [3.63, 3.8) is 0 Å². The third kappa shape index (κ3) is 2.71. The first-order chi connectivity index (χ1) is 7.57. The summed E-state index contributed by atoms with van der Waals surface area (Å²) in [4.78, 5) is 10.8. The first-order valence-electron chi connectivity index (χ1n) is 4.95. The Hall–Kier alpha value is -1.59. The number of para-hydroxylation sites is 1. The zero-order valence-corrected chi connectivity index (χ0v) is 8.96. The average Bonchev–Trinajstić information content (AvgIpc) is 2.28. The lowest BCUT2D eigenvalue weighted by molar-refractivity contribution is -0.132. The number of carbonyl (C=O) groups is 1. The Kier molecular flexibility index (Phi) is 4.28. The highest BCUT2D eigenvalue weighted by Crippen LogP contribution is 2.27. The van der Waals surface area contributed by atoms with Gasteiger partial charge in [-0.2, -0.15) is 0 Å². The van der Waals surface area contributed by atoms with E-state index in [0.29, 0.717) is 17.9 Å². The van der Waals surface area contributed by atoms with Crippen molar-refractivity contribution in [1.82, 2.24) is 0 Å². The van der Waals surface area contributed by atoms with Crippen molar-refractivity contribution in [2.75, 3.05) is 6.61 Å². The van der Waals surface area contributed by atoms with Gasteiger partial charge < -0.3 is 20.7 Å². The van der Waals surface area contributed by atoms with E-state index >= 15 is 0 Å². The molecule has 16 heavy (non-hydrogen) atoms. The lowest BCUT2D eigenvalue weighted by Gasteiger charge is -2.18. The Morgan fingerprint density at radius 3 is 2.62 bits per heavy atom. The number of rotatable bonds is 5. The van der Waals surface area contributed by atoms with Gasteiger partial charge in [0.1, 0.15) is 11.9 Å². The standard InChI is InChI=1S/C11H15NO4/c1-2-16-8-6-4-3-5-7(8)9(13)10(14)11(12)15/h3-6,9-10,13-14H,2H2,1H3,(H2,12,15). The van der Waals surface area contributed by atoms with Crippen molar-refractivity contribution in [3.8, 4) is 5.75 Å². The number of ether oxygens (including phenoxy) is 1. The molecule has 1 amide bonds. The number of aliphatic hydroxyl groups excluding tert-OH is 2. The molecule has 1 rings (SSSR count). The van der Waals surface area contributed by atoms with Crippen LogP contribution in [0.4, 0.5) is 0 Å². The van der Waals surface area contributed by atoms with Crippen LogP contribution in [0.15, 0.2) is 24.3 Å². The molecule has 2 atom stereocenters. The lowest BCUT2D eigenvalue weighted by Crippen LogP contribution is -2.34. The van der Waals surface area contributed by atoms with E-state index in [1.165, 1.54) is 0 Å². The molecular weight excluding hydrogens is 210 g/mol. The first-order valence-corrected chi connectivity index (χ1v) is 4.95. The SMILES string of the molecule is CCOc1ccccc1C(O)C(O)C(N)=O. The van der Waals surface area contributed by atoms with Gasteiger partial charge in [-0.15, -0.1) is 0 Å². The van der Waals surface area contributed by atoms with Crippen LogP contribution in [-0.4, -0.2) is 28.8 Å². The predicted molar refractivity (Wildman–Crippen MR) is 57.8 cm³/mol. The molecule has 4 N–H and O–H groups in total. The fourth-order valence-corrected chi connectivity index (χ4v) is 1.34. The summed E-state index contributed by atoms with van der Waals surface area (Å²) < 4.78 is 5.26. The molecule has 5 heteroatoms. The van der Waals surface area contributed by atoms with Crippen LogP contribution in [0, 0.1) is 0 Å². The quantitative estimate of drug-likeness (QED) is 0.655. The van der Waals surface area contributed by atoms with Crippen molar-refractivity contribution >= 4 is 5.91 Å². The maximum atomic E-state index is 10.8. The molecule has 0 aliphatic rings. The zero-order valence-electron chi connectivity index (χ0n) is 8.96. The molecule has 88 valence electrons. The first kappa shape index (κ1) is 12.5. The van der Waals surface area contributed by atoms with Gasteiger partial charge in [0.05, 0.1) is 6.61 Å². The van der Waals surface area contributed by atoms with Crippen LogP contribution in [0.3, 0.4) is 0 Å². The maximum absolute atomic E-state index is 10.8. The van der Waals surface area contributed by atoms with Gasteiger partial charge in [-0.3, -0.25) is 4.79 Å². The molecule has 0 radical (unpaired) electrons. The number of aliphatic hydroxyl groups is 2. The summed E-state index contributed by atoms with van der Waals surface area (Å²) in [5.41, 5.74) is 5.25. The number of nitrogens with two attached hydrogens (primary N) is 1. The highest BCUT2D eigenvalue weighted by molar-refractivity contribution is 5.79. The second-order valence-corrected chi connectivity index (χ2v) is 3.26. The largest absolute Gasteiger partial charge is 0.493 e. The Morgan fingerprint density at radius 1 is 1.44 bits per heavy atom. The van der Waals surface area contributed by atoms with Gasteiger partial charge in [0, 0.05) is 5.56 Å². The van der Waals surface area contributed by atoms with E-state index in [0.717, 1.165) is 0 Å². The molecule has 1 aromatic carbocycles. The monoisotopic (exact) mass is 225 g/mol. The van der Waals surface area contributed by atoms with E-state index in [1.54, 1.807) is 31.2 Å². The zero-order chi connectivity index (χ0) is 12.1. The summed E-state index contributed by atoms with van der Waals surface area (Å²) >= 11 is 0. The van der Waals surface area contributed by atoms with Gasteiger partial charge in [-0.1, -0.05) is 18.2 Å². The maximum Gasteiger partial charge on any atom is 0.249 e. The summed E-state index contributed by atoms with van der Waals surface area (Å²) in [6.45, 7) is 2.23. The third-order valence-electron chi connectivity index (χ3n) is 2.13. The molecule has 0 heterocycles. The van der Waals surface area contributed by atoms with Gasteiger partial charge in [0.2, 0.25) is 5.91 Å². The molecule has 0 aliphatic carbocycles. The minimum atomic E-state index is -1.64. The van der Waals surface area contributed by atoms with E-state index < -0.39 is 18.1 Å². The molecule has 0 saturated carbocycles. The average molecular weight is 225 g/mol. The Bertz CT molecular complexity index is 367. The Balaban J connectivity index is 2.97. The number of primary amides is 1. The van der Waals surface area contributed by atoms with Gasteiger partial charge >= 0.3 is 0 Å². The number of amides is 1. The highest BCUT2D eigenvalue weighted by Gasteiger charge is 2.25. The number of hydrogen-bond acceptors (Lipinski definition) is 4. The van der Waals surface area contributed by atoms with Crippen LogP contribution in [0.2, 0.25) is 0 Å². The number of benzene rings is 1. The summed E-state index contributed by atoms with van der Waals surface area (Å²) in [5, 5.41) is 19.1. The van der Waals surface area contributed by atoms with E-state index in [9.17, 15) is 15.0 Å². The summed E-state index contributed by atoms with van der Waals surface area (Å²) in [6, 6.07) is 6.63. The van der Waals surface area contributed by atoms with Crippen LogP contribution < -0.4 is 10.5 Å². The van der Waals surface area contributed by atoms with Crippen LogP contribution in [0.5, 0.6) is 5.75 Å². The molecule has 0 aromatic heterocycles. The normalized spacial score (nSPS) is 14.2. The fourth-order valence-electron chi connectivity index (χ4n) is 1.34. The van der Waals surface area contributed by atoms with Crippen LogP contribution >= 0.6 is 0 Å².